The lowest BCUT2D eigenvalue weighted by molar-refractivity contribution is -0.146. The molecule has 0 aliphatic heterocycles. The summed E-state index contributed by atoms with van der Waals surface area (Å²) in [4.78, 5) is 27.9. The third-order valence-corrected chi connectivity index (χ3v) is 4.20. The number of ether oxygens (including phenoxy) is 1. The number of hydrogen-bond donors (Lipinski definition) is 1. The molecule has 0 aliphatic carbocycles. The molecule has 27 heavy (non-hydrogen) atoms. The first-order chi connectivity index (χ1) is 12.6. The van der Waals surface area contributed by atoms with Crippen LogP contribution in [0.3, 0.4) is 0 Å². The van der Waals surface area contributed by atoms with Crippen LogP contribution in [0.2, 0.25) is 0 Å². The maximum absolute atomic E-state index is 12.1. The summed E-state index contributed by atoms with van der Waals surface area (Å²) in [5.41, 5.74) is 1.65. The average Bonchev–Trinajstić information content (AvgIpc) is 3.01. The Kier molecular flexibility index (Phi) is 6.95. The molecular weight excluding hydrogens is 381 g/mol. The number of esters is 1. The number of nitrogens with one attached hydrogen (secondary N) is 1. The molecule has 0 bridgehead atoms. The van der Waals surface area contributed by atoms with Gasteiger partial charge in [0.15, 0.2) is 0 Å². The zero-order valence-electron chi connectivity index (χ0n) is 14.8. The van der Waals surface area contributed by atoms with E-state index in [1.807, 2.05) is 0 Å². The molecule has 0 saturated heterocycles. The van der Waals surface area contributed by atoms with Crippen molar-refractivity contribution in [2.75, 3.05) is 6.54 Å². The van der Waals surface area contributed by atoms with E-state index in [-0.39, 0.29) is 24.1 Å². The SMILES string of the molecule is CC(C)OC(=O)Cc1nc(-c2ccc(C(=O)NCCC(F)(F)F)cc2)cs1. The first-order valence-electron chi connectivity index (χ1n) is 8.23. The van der Waals surface area contributed by atoms with Crippen LogP contribution in [0, 0.1) is 0 Å². The Balaban J connectivity index is 1.95. The molecular formula is C18H19F3N2O3S. The van der Waals surface area contributed by atoms with Crippen LogP contribution in [0.1, 0.15) is 35.6 Å². The number of aromatic nitrogens is 1. The van der Waals surface area contributed by atoms with Gasteiger partial charge in [-0.25, -0.2) is 4.98 Å². The number of halogens is 3. The predicted octanol–water partition coefficient (Wildman–Crippen LogP) is 3.99. The van der Waals surface area contributed by atoms with Gasteiger partial charge in [0.2, 0.25) is 0 Å². The van der Waals surface area contributed by atoms with Crippen molar-refractivity contribution in [3.8, 4) is 11.3 Å². The number of alkyl halides is 3. The number of carbonyl (C=O) groups excluding carboxylic acids is 2. The molecule has 0 fully saturated rings. The van der Waals surface area contributed by atoms with Crippen LogP contribution in [-0.2, 0) is 16.0 Å². The Morgan fingerprint density at radius 2 is 1.89 bits per heavy atom. The Bertz CT molecular complexity index is 786. The number of nitrogens with zero attached hydrogens (tertiary/aromatic N) is 1. The summed E-state index contributed by atoms with van der Waals surface area (Å²) in [5.74, 6) is -0.919. The van der Waals surface area contributed by atoms with Gasteiger partial charge in [0.25, 0.3) is 5.91 Å². The summed E-state index contributed by atoms with van der Waals surface area (Å²) in [6.45, 7) is 3.07. The molecule has 9 heteroatoms. The molecule has 0 spiro atoms. The molecule has 0 saturated carbocycles. The molecule has 1 amide bonds. The topological polar surface area (TPSA) is 68.3 Å². The standard InChI is InChI=1S/C18H19F3N2O3S/c1-11(2)26-16(24)9-15-23-14(10-27-15)12-3-5-13(6-4-12)17(25)22-8-7-18(19,20)21/h3-6,10-11H,7-9H2,1-2H3,(H,22,25). The highest BCUT2D eigenvalue weighted by Crippen LogP contribution is 2.23. The van der Waals surface area contributed by atoms with Gasteiger partial charge in [-0.15, -0.1) is 11.3 Å². The molecule has 5 nitrogen and oxygen atoms in total. The Hall–Kier alpha value is -2.42. The molecule has 2 rings (SSSR count). The number of thiazole rings is 1. The lowest BCUT2D eigenvalue weighted by Gasteiger charge is -2.08. The summed E-state index contributed by atoms with van der Waals surface area (Å²) < 4.78 is 41.4. The molecule has 0 radical (unpaired) electrons. The molecule has 146 valence electrons. The van der Waals surface area contributed by atoms with E-state index < -0.39 is 25.0 Å². The van der Waals surface area contributed by atoms with Gasteiger partial charge in [0.05, 0.1) is 24.6 Å². The van der Waals surface area contributed by atoms with Crippen LogP contribution in [0.15, 0.2) is 29.6 Å². The Morgan fingerprint density at radius 1 is 1.22 bits per heavy atom. The van der Waals surface area contributed by atoms with Crippen molar-refractivity contribution >= 4 is 23.2 Å². The van der Waals surface area contributed by atoms with Crippen molar-refractivity contribution in [2.24, 2.45) is 0 Å². The number of hydrogen-bond acceptors (Lipinski definition) is 5. The predicted molar refractivity (Wildman–Crippen MR) is 95.5 cm³/mol. The summed E-state index contributed by atoms with van der Waals surface area (Å²) in [6.07, 6.45) is -5.48. The molecule has 1 N–H and O–H groups in total. The van der Waals surface area contributed by atoms with E-state index >= 15 is 0 Å². The lowest BCUT2D eigenvalue weighted by Crippen LogP contribution is -2.27. The average molecular weight is 400 g/mol. The third-order valence-electron chi connectivity index (χ3n) is 3.35. The van der Waals surface area contributed by atoms with Crippen molar-refractivity contribution in [1.82, 2.24) is 10.3 Å². The number of benzene rings is 1. The van der Waals surface area contributed by atoms with Gasteiger partial charge in [0.1, 0.15) is 5.01 Å². The molecule has 0 atom stereocenters. The second kappa shape index (κ2) is 8.98. The maximum Gasteiger partial charge on any atom is 0.390 e. The lowest BCUT2D eigenvalue weighted by atomic mass is 10.1. The van der Waals surface area contributed by atoms with Crippen LogP contribution in [0.4, 0.5) is 13.2 Å². The summed E-state index contributed by atoms with van der Waals surface area (Å²) in [6, 6.07) is 6.35. The molecule has 0 unspecified atom stereocenters. The van der Waals surface area contributed by atoms with E-state index in [1.54, 1.807) is 31.4 Å². The normalized spacial score (nSPS) is 11.5. The minimum absolute atomic E-state index is 0.0859. The zero-order valence-corrected chi connectivity index (χ0v) is 15.6. The molecule has 0 aliphatic rings. The number of rotatable bonds is 7. The van der Waals surface area contributed by atoms with Crippen LogP contribution >= 0.6 is 11.3 Å². The number of amides is 1. The van der Waals surface area contributed by atoms with Gasteiger partial charge >= 0.3 is 12.1 Å². The molecule has 1 aromatic carbocycles. The number of carbonyl (C=O) groups is 2. The van der Waals surface area contributed by atoms with Gasteiger partial charge < -0.3 is 10.1 Å². The van der Waals surface area contributed by atoms with Gasteiger partial charge in [-0.3, -0.25) is 9.59 Å². The van der Waals surface area contributed by atoms with Crippen LogP contribution in [0.25, 0.3) is 11.3 Å². The van der Waals surface area contributed by atoms with Crippen LogP contribution in [-0.4, -0.2) is 35.7 Å². The largest absolute Gasteiger partial charge is 0.463 e. The monoisotopic (exact) mass is 400 g/mol. The van der Waals surface area contributed by atoms with Gasteiger partial charge in [-0.1, -0.05) is 12.1 Å². The highest BCUT2D eigenvalue weighted by Gasteiger charge is 2.26. The summed E-state index contributed by atoms with van der Waals surface area (Å²) in [7, 11) is 0. The van der Waals surface area contributed by atoms with Gasteiger partial charge in [0, 0.05) is 23.1 Å². The second-order valence-corrected chi connectivity index (χ2v) is 6.98. The van der Waals surface area contributed by atoms with Crippen molar-refractivity contribution in [1.29, 1.82) is 0 Å². The Labute approximate surface area is 158 Å². The highest BCUT2D eigenvalue weighted by atomic mass is 32.1. The smallest absolute Gasteiger partial charge is 0.390 e. The van der Waals surface area contributed by atoms with Crippen LogP contribution in [0.5, 0.6) is 0 Å². The minimum Gasteiger partial charge on any atom is -0.463 e. The fraction of sp³-hybridized carbons (Fsp3) is 0.389. The molecule has 1 heterocycles. The fourth-order valence-corrected chi connectivity index (χ4v) is 2.95. The minimum atomic E-state index is -4.30. The van der Waals surface area contributed by atoms with E-state index in [0.29, 0.717) is 10.7 Å². The van der Waals surface area contributed by atoms with Gasteiger partial charge in [-0.2, -0.15) is 13.2 Å². The van der Waals surface area contributed by atoms with E-state index in [9.17, 15) is 22.8 Å². The van der Waals surface area contributed by atoms with Gasteiger partial charge in [-0.05, 0) is 26.0 Å². The Morgan fingerprint density at radius 3 is 2.48 bits per heavy atom. The fourth-order valence-electron chi connectivity index (χ4n) is 2.16. The van der Waals surface area contributed by atoms with E-state index in [2.05, 4.69) is 10.3 Å². The zero-order chi connectivity index (χ0) is 20.0. The van der Waals surface area contributed by atoms with Crippen LogP contribution < -0.4 is 5.32 Å². The molecule has 2 aromatic rings. The first kappa shape index (κ1) is 20.9. The maximum atomic E-state index is 12.1. The van der Waals surface area contributed by atoms with E-state index in [0.717, 1.165) is 5.56 Å². The van der Waals surface area contributed by atoms with Crippen molar-refractivity contribution in [2.45, 2.75) is 39.0 Å². The summed E-state index contributed by atoms with van der Waals surface area (Å²) in [5, 5.41) is 4.64. The van der Waals surface area contributed by atoms with Crippen molar-refractivity contribution in [3.05, 3.63) is 40.2 Å². The van der Waals surface area contributed by atoms with Crippen molar-refractivity contribution in [3.63, 3.8) is 0 Å². The van der Waals surface area contributed by atoms with Crippen molar-refractivity contribution < 1.29 is 27.5 Å². The third kappa shape index (κ3) is 7.01. The quantitative estimate of drug-likeness (QED) is 0.714. The van der Waals surface area contributed by atoms with E-state index in [1.165, 1.54) is 23.5 Å². The second-order valence-electron chi connectivity index (χ2n) is 6.04. The molecule has 1 aromatic heterocycles. The highest BCUT2D eigenvalue weighted by molar-refractivity contribution is 7.10. The summed E-state index contributed by atoms with van der Waals surface area (Å²) >= 11 is 1.33. The van der Waals surface area contributed by atoms with E-state index in [4.69, 9.17) is 4.74 Å². The first-order valence-corrected chi connectivity index (χ1v) is 9.11.